The summed E-state index contributed by atoms with van der Waals surface area (Å²) in [5.41, 5.74) is 0.903. The normalized spacial score (nSPS) is 14.1. The van der Waals surface area contributed by atoms with Crippen LogP contribution in [0.25, 0.3) is 0 Å². The summed E-state index contributed by atoms with van der Waals surface area (Å²) >= 11 is 0. The first-order chi connectivity index (χ1) is 13.2. The highest BCUT2D eigenvalue weighted by Crippen LogP contribution is 2.29. The number of aryl methyl sites for hydroxylation is 1. The molecule has 0 radical (unpaired) electrons. The standard InChI is InChI=1S/C21H28N4O3/c1-14-7-10-16(28-14)12-24(15-8-9-15)18(26)13-25-20(27)17(6-5-11-22)19(23-25)21(2,3)4/h7,10,15,23H,5-6,8-9,12-13H2,1-4H3. The molecule has 0 atom stereocenters. The van der Waals surface area contributed by atoms with Crippen LogP contribution in [0.15, 0.2) is 21.3 Å². The Bertz CT molecular complexity index is 948. The zero-order chi connectivity index (χ0) is 20.5. The summed E-state index contributed by atoms with van der Waals surface area (Å²) in [6.07, 6.45) is 2.62. The molecule has 1 aliphatic rings. The summed E-state index contributed by atoms with van der Waals surface area (Å²) < 4.78 is 7.01. The maximum absolute atomic E-state index is 13.0. The molecule has 150 valence electrons. The highest BCUT2D eigenvalue weighted by molar-refractivity contribution is 5.76. The average Bonchev–Trinajstić information content (AvgIpc) is 3.30. The second-order valence-electron chi connectivity index (χ2n) is 8.53. The van der Waals surface area contributed by atoms with Crippen LogP contribution in [-0.4, -0.2) is 26.6 Å². The van der Waals surface area contributed by atoms with Gasteiger partial charge in [0, 0.05) is 29.1 Å². The van der Waals surface area contributed by atoms with Crippen LogP contribution in [0.1, 0.15) is 62.8 Å². The van der Waals surface area contributed by atoms with E-state index in [2.05, 4.69) is 11.2 Å². The minimum atomic E-state index is -0.278. The zero-order valence-corrected chi connectivity index (χ0v) is 17.0. The van der Waals surface area contributed by atoms with Crippen molar-refractivity contribution in [3.8, 4) is 6.07 Å². The minimum absolute atomic E-state index is 0.0370. The Kier molecular flexibility index (Phi) is 5.50. The number of nitrogens with zero attached hydrogens (tertiary/aromatic N) is 3. The molecule has 1 amide bonds. The molecule has 0 saturated heterocycles. The third kappa shape index (κ3) is 4.38. The van der Waals surface area contributed by atoms with E-state index in [1.54, 1.807) is 4.90 Å². The number of amides is 1. The van der Waals surface area contributed by atoms with Crippen molar-refractivity contribution >= 4 is 5.91 Å². The molecule has 1 saturated carbocycles. The van der Waals surface area contributed by atoms with E-state index in [0.29, 0.717) is 18.5 Å². The van der Waals surface area contributed by atoms with Gasteiger partial charge in [0.15, 0.2) is 0 Å². The second kappa shape index (κ2) is 7.70. The van der Waals surface area contributed by atoms with Gasteiger partial charge in [-0.05, 0) is 38.3 Å². The van der Waals surface area contributed by atoms with Crippen LogP contribution in [0.2, 0.25) is 0 Å². The van der Waals surface area contributed by atoms with Gasteiger partial charge in [0.2, 0.25) is 5.91 Å². The van der Waals surface area contributed by atoms with E-state index in [-0.39, 0.29) is 35.9 Å². The van der Waals surface area contributed by atoms with Gasteiger partial charge in [-0.1, -0.05) is 20.8 Å². The molecule has 1 aliphatic carbocycles. The summed E-state index contributed by atoms with van der Waals surface area (Å²) in [5.74, 6) is 1.46. The minimum Gasteiger partial charge on any atom is -0.464 e. The van der Waals surface area contributed by atoms with Crippen LogP contribution in [0, 0.1) is 18.3 Å². The third-order valence-corrected chi connectivity index (χ3v) is 5.01. The van der Waals surface area contributed by atoms with Crippen LogP contribution < -0.4 is 5.56 Å². The molecule has 1 N–H and O–H groups in total. The molecule has 0 aromatic carbocycles. The monoisotopic (exact) mass is 384 g/mol. The molecule has 7 nitrogen and oxygen atoms in total. The molecule has 0 bridgehead atoms. The van der Waals surface area contributed by atoms with Crippen LogP contribution in [0.5, 0.6) is 0 Å². The smallest absolute Gasteiger partial charge is 0.270 e. The average molecular weight is 384 g/mol. The molecule has 2 heterocycles. The van der Waals surface area contributed by atoms with Gasteiger partial charge in [-0.3, -0.25) is 14.7 Å². The van der Waals surface area contributed by atoms with Gasteiger partial charge in [-0.25, -0.2) is 4.68 Å². The molecule has 0 aliphatic heterocycles. The predicted molar refractivity (Wildman–Crippen MR) is 105 cm³/mol. The Morgan fingerprint density at radius 1 is 1.39 bits per heavy atom. The maximum atomic E-state index is 13.0. The third-order valence-electron chi connectivity index (χ3n) is 5.01. The van der Waals surface area contributed by atoms with Crippen molar-refractivity contribution < 1.29 is 9.21 Å². The number of hydrogen-bond acceptors (Lipinski definition) is 4. The van der Waals surface area contributed by atoms with E-state index in [4.69, 9.17) is 9.68 Å². The largest absolute Gasteiger partial charge is 0.464 e. The first-order valence-electron chi connectivity index (χ1n) is 9.74. The molecule has 2 aromatic heterocycles. The van der Waals surface area contributed by atoms with Crippen LogP contribution >= 0.6 is 0 Å². The van der Waals surface area contributed by atoms with E-state index >= 15 is 0 Å². The number of furan rings is 1. The number of aromatic nitrogens is 2. The summed E-state index contributed by atoms with van der Waals surface area (Å²) in [4.78, 5) is 27.7. The lowest BCUT2D eigenvalue weighted by Gasteiger charge is -2.21. The molecule has 1 fully saturated rings. The van der Waals surface area contributed by atoms with E-state index in [1.165, 1.54) is 4.68 Å². The van der Waals surface area contributed by atoms with E-state index < -0.39 is 0 Å². The van der Waals surface area contributed by atoms with Crippen LogP contribution in [0.3, 0.4) is 0 Å². The summed E-state index contributed by atoms with van der Waals surface area (Å²) in [6.45, 7) is 8.29. The molecule has 0 unspecified atom stereocenters. The predicted octanol–water partition coefficient (Wildman–Crippen LogP) is 3.02. The Morgan fingerprint density at radius 2 is 2.11 bits per heavy atom. The van der Waals surface area contributed by atoms with Gasteiger partial charge in [-0.15, -0.1) is 0 Å². The molecule has 28 heavy (non-hydrogen) atoms. The quantitative estimate of drug-likeness (QED) is 0.794. The molecule has 3 rings (SSSR count). The first-order valence-corrected chi connectivity index (χ1v) is 9.74. The molecule has 2 aromatic rings. The van der Waals surface area contributed by atoms with Crippen molar-refractivity contribution in [3.63, 3.8) is 0 Å². The van der Waals surface area contributed by atoms with Crippen molar-refractivity contribution in [1.82, 2.24) is 14.7 Å². The fourth-order valence-corrected chi connectivity index (χ4v) is 3.44. The highest BCUT2D eigenvalue weighted by atomic mass is 16.3. The van der Waals surface area contributed by atoms with Gasteiger partial charge >= 0.3 is 0 Å². The number of aromatic amines is 1. The lowest BCUT2D eigenvalue weighted by molar-refractivity contribution is -0.133. The number of hydrogen-bond donors (Lipinski definition) is 1. The zero-order valence-electron chi connectivity index (χ0n) is 17.0. The van der Waals surface area contributed by atoms with Crippen molar-refractivity contribution in [3.05, 3.63) is 45.3 Å². The van der Waals surface area contributed by atoms with E-state index in [0.717, 1.165) is 30.1 Å². The van der Waals surface area contributed by atoms with Gasteiger partial charge in [-0.2, -0.15) is 5.26 Å². The molecular formula is C21H28N4O3. The number of carbonyl (C=O) groups is 1. The Hall–Kier alpha value is -2.75. The van der Waals surface area contributed by atoms with Gasteiger partial charge < -0.3 is 9.32 Å². The fraction of sp³-hybridized carbons (Fsp3) is 0.571. The topological polar surface area (TPSA) is 95.0 Å². The van der Waals surface area contributed by atoms with Crippen molar-refractivity contribution in [2.45, 2.75) is 77.9 Å². The Balaban J connectivity index is 1.83. The SMILES string of the molecule is Cc1ccc(CN(C(=O)Cn2[nH]c(C(C)(C)C)c(CCC#N)c2=O)C2CC2)o1. The Morgan fingerprint density at radius 3 is 2.64 bits per heavy atom. The molecule has 0 spiro atoms. The maximum Gasteiger partial charge on any atom is 0.270 e. The number of H-pyrrole nitrogens is 1. The second-order valence-corrected chi connectivity index (χ2v) is 8.53. The van der Waals surface area contributed by atoms with Crippen LogP contribution in [0.4, 0.5) is 0 Å². The van der Waals surface area contributed by atoms with Crippen molar-refractivity contribution in [2.75, 3.05) is 0 Å². The number of nitriles is 1. The summed E-state index contributed by atoms with van der Waals surface area (Å²) in [7, 11) is 0. The highest BCUT2D eigenvalue weighted by Gasteiger charge is 2.34. The Labute approximate surface area is 164 Å². The van der Waals surface area contributed by atoms with Gasteiger partial charge in [0.05, 0.1) is 12.6 Å². The van der Waals surface area contributed by atoms with Crippen molar-refractivity contribution in [2.24, 2.45) is 0 Å². The first kappa shape index (κ1) is 20.0. The van der Waals surface area contributed by atoms with Gasteiger partial charge in [0.1, 0.15) is 18.1 Å². The molecule has 7 heteroatoms. The summed E-state index contributed by atoms with van der Waals surface area (Å²) in [6, 6.07) is 6.08. The van der Waals surface area contributed by atoms with E-state index in [9.17, 15) is 9.59 Å². The number of rotatable bonds is 7. The summed E-state index contributed by atoms with van der Waals surface area (Å²) in [5, 5.41) is 12.0. The molecular weight excluding hydrogens is 356 g/mol. The van der Waals surface area contributed by atoms with Crippen LogP contribution in [-0.2, 0) is 29.7 Å². The lowest BCUT2D eigenvalue weighted by atomic mass is 9.88. The lowest BCUT2D eigenvalue weighted by Crippen LogP contribution is -2.37. The number of carbonyl (C=O) groups excluding carboxylic acids is 1. The van der Waals surface area contributed by atoms with Crippen molar-refractivity contribution in [1.29, 1.82) is 5.26 Å². The van der Waals surface area contributed by atoms with E-state index in [1.807, 2.05) is 39.8 Å². The fourth-order valence-electron chi connectivity index (χ4n) is 3.44. The number of nitrogens with one attached hydrogen (secondary N) is 1. The van der Waals surface area contributed by atoms with Gasteiger partial charge in [0.25, 0.3) is 5.56 Å².